The van der Waals surface area contributed by atoms with E-state index in [0.29, 0.717) is 18.1 Å². The molecule has 0 bridgehead atoms. The average molecular weight is 227 g/mol. The molecule has 0 aromatic heterocycles. The second-order valence-corrected chi connectivity index (χ2v) is 4.78. The molecule has 2 aliphatic heterocycles. The Morgan fingerprint density at radius 1 is 1.44 bits per heavy atom. The second-order valence-electron chi connectivity index (χ2n) is 4.78. The lowest BCUT2D eigenvalue weighted by Crippen LogP contribution is -2.33. The second kappa shape index (κ2) is 5.75. The third-order valence-electron chi connectivity index (χ3n) is 3.64. The molecule has 2 saturated heterocycles. The molecule has 0 aromatic rings. The van der Waals surface area contributed by atoms with Crippen LogP contribution < -0.4 is 5.32 Å². The standard InChI is InChI=1S/C12H21NO3/c1-15-10-7-11(13-8-10)12(14)6-9-2-4-16-5-3-9/h9-11,13H,2-8H2,1H3. The highest BCUT2D eigenvalue weighted by Crippen LogP contribution is 2.21. The van der Waals surface area contributed by atoms with Crippen molar-refractivity contribution in [3.8, 4) is 0 Å². The first-order valence-corrected chi connectivity index (χ1v) is 6.16. The molecule has 4 nitrogen and oxygen atoms in total. The van der Waals surface area contributed by atoms with Gasteiger partial charge in [-0.3, -0.25) is 4.79 Å². The molecule has 4 heteroatoms. The number of Topliss-reactive ketones (excluding diaryl/α,β-unsaturated/α-hetero) is 1. The van der Waals surface area contributed by atoms with Crippen LogP contribution in [0.15, 0.2) is 0 Å². The van der Waals surface area contributed by atoms with Gasteiger partial charge in [0.15, 0.2) is 0 Å². The Morgan fingerprint density at radius 2 is 2.19 bits per heavy atom. The summed E-state index contributed by atoms with van der Waals surface area (Å²) in [5.41, 5.74) is 0. The number of methoxy groups -OCH3 is 1. The van der Waals surface area contributed by atoms with E-state index in [1.165, 1.54) is 0 Å². The van der Waals surface area contributed by atoms with Gasteiger partial charge in [0.2, 0.25) is 0 Å². The molecule has 0 aliphatic carbocycles. The molecule has 0 radical (unpaired) electrons. The molecule has 0 saturated carbocycles. The number of carbonyl (C=O) groups is 1. The van der Waals surface area contributed by atoms with Crippen molar-refractivity contribution in [1.29, 1.82) is 0 Å². The molecule has 1 N–H and O–H groups in total. The van der Waals surface area contributed by atoms with Gasteiger partial charge in [0.1, 0.15) is 5.78 Å². The van der Waals surface area contributed by atoms with E-state index in [1.807, 2.05) is 0 Å². The molecule has 2 rings (SSSR count). The van der Waals surface area contributed by atoms with E-state index in [9.17, 15) is 4.79 Å². The van der Waals surface area contributed by atoms with E-state index < -0.39 is 0 Å². The van der Waals surface area contributed by atoms with Crippen LogP contribution >= 0.6 is 0 Å². The van der Waals surface area contributed by atoms with Gasteiger partial charge in [0, 0.05) is 33.3 Å². The first kappa shape index (κ1) is 12.0. The van der Waals surface area contributed by atoms with Crippen molar-refractivity contribution < 1.29 is 14.3 Å². The highest BCUT2D eigenvalue weighted by molar-refractivity contribution is 5.84. The fraction of sp³-hybridized carbons (Fsp3) is 0.917. The van der Waals surface area contributed by atoms with Gasteiger partial charge in [-0.05, 0) is 25.2 Å². The Hall–Kier alpha value is -0.450. The SMILES string of the molecule is COC1CNC(C(=O)CC2CCOCC2)C1. The smallest absolute Gasteiger partial charge is 0.150 e. The molecule has 0 amide bonds. The first-order chi connectivity index (χ1) is 7.79. The van der Waals surface area contributed by atoms with Gasteiger partial charge >= 0.3 is 0 Å². The fourth-order valence-electron chi connectivity index (χ4n) is 2.51. The lowest BCUT2D eigenvalue weighted by molar-refractivity contribution is -0.122. The van der Waals surface area contributed by atoms with Gasteiger partial charge in [-0.15, -0.1) is 0 Å². The number of carbonyl (C=O) groups excluding carboxylic acids is 1. The largest absolute Gasteiger partial charge is 0.381 e. The maximum Gasteiger partial charge on any atom is 0.150 e. The number of ether oxygens (including phenoxy) is 2. The van der Waals surface area contributed by atoms with Crippen molar-refractivity contribution in [2.24, 2.45) is 5.92 Å². The molecule has 2 heterocycles. The van der Waals surface area contributed by atoms with Crippen LogP contribution in [0, 0.1) is 5.92 Å². The number of hydrogen-bond donors (Lipinski definition) is 1. The van der Waals surface area contributed by atoms with E-state index in [-0.39, 0.29) is 12.1 Å². The maximum absolute atomic E-state index is 12.0. The van der Waals surface area contributed by atoms with Crippen LogP contribution in [-0.4, -0.2) is 44.8 Å². The van der Waals surface area contributed by atoms with Gasteiger partial charge < -0.3 is 14.8 Å². The van der Waals surface area contributed by atoms with E-state index in [2.05, 4.69) is 5.32 Å². The zero-order chi connectivity index (χ0) is 11.4. The summed E-state index contributed by atoms with van der Waals surface area (Å²) in [6, 6.07) is 0.0211. The van der Waals surface area contributed by atoms with Crippen LogP contribution in [0.5, 0.6) is 0 Å². The van der Waals surface area contributed by atoms with E-state index in [0.717, 1.165) is 39.0 Å². The summed E-state index contributed by atoms with van der Waals surface area (Å²) in [7, 11) is 1.71. The molecule has 0 aromatic carbocycles. The van der Waals surface area contributed by atoms with Gasteiger partial charge in [-0.2, -0.15) is 0 Å². The van der Waals surface area contributed by atoms with Crippen LogP contribution in [-0.2, 0) is 14.3 Å². The van der Waals surface area contributed by atoms with E-state index in [4.69, 9.17) is 9.47 Å². The summed E-state index contributed by atoms with van der Waals surface area (Å²) in [5, 5.41) is 3.24. The van der Waals surface area contributed by atoms with Crippen LogP contribution in [0.4, 0.5) is 0 Å². The summed E-state index contributed by atoms with van der Waals surface area (Å²) in [5.74, 6) is 0.885. The predicted octanol–water partition coefficient (Wildman–Crippen LogP) is 0.749. The van der Waals surface area contributed by atoms with Gasteiger partial charge in [-0.25, -0.2) is 0 Å². The summed E-state index contributed by atoms with van der Waals surface area (Å²) >= 11 is 0. The van der Waals surface area contributed by atoms with Crippen LogP contribution in [0.2, 0.25) is 0 Å². The zero-order valence-corrected chi connectivity index (χ0v) is 9.91. The lowest BCUT2D eigenvalue weighted by atomic mass is 9.91. The Morgan fingerprint density at radius 3 is 2.81 bits per heavy atom. The number of ketones is 1. The molecular weight excluding hydrogens is 206 g/mol. The minimum Gasteiger partial charge on any atom is -0.381 e. The lowest BCUT2D eigenvalue weighted by Gasteiger charge is -2.22. The van der Waals surface area contributed by atoms with E-state index >= 15 is 0 Å². The summed E-state index contributed by atoms with van der Waals surface area (Å²) in [4.78, 5) is 12.0. The Balaban J connectivity index is 1.75. The van der Waals surface area contributed by atoms with Crippen LogP contribution in [0.1, 0.15) is 25.7 Å². The van der Waals surface area contributed by atoms with Gasteiger partial charge in [-0.1, -0.05) is 0 Å². The van der Waals surface area contributed by atoms with Crippen molar-refractivity contribution in [2.75, 3.05) is 26.9 Å². The maximum atomic E-state index is 12.0. The Kier molecular flexibility index (Phi) is 4.32. The summed E-state index contributed by atoms with van der Waals surface area (Å²) < 4.78 is 10.5. The van der Waals surface area contributed by atoms with Crippen molar-refractivity contribution in [3.05, 3.63) is 0 Å². The van der Waals surface area contributed by atoms with Crippen molar-refractivity contribution in [1.82, 2.24) is 5.32 Å². The zero-order valence-electron chi connectivity index (χ0n) is 9.91. The van der Waals surface area contributed by atoms with Crippen LogP contribution in [0.25, 0.3) is 0 Å². The quantitative estimate of drug-likeness (QED) is 0.770. The molecule has 16 heavy (non-hydrogen) atoms. The summed E-state index contributed by atoms with van der Waals surface area (Å²) in [6.07, 6.45) is 3.82. The normalized spacial score (nSPS) is 31.8. The minimum absolute atomic E-state index is 0.0211. The van der Waals surface area contributed by atoms with Gasteiger partial charge in [0.05, 0.1) is 12.1 Å². The molecule has 2 atom stereocenters. The Labute approximate surface area is 96.7 Å². The summed E-state index contributed by atoms with van der Waals surface area (Å²) in [6.45, 7) is 2.44. The highest BCUT2D eigenvalue weighted by atomic mass is 16.5. The molecule has 2 fully saturated rings. The molecule has 0 spiro atoms. The third-order valence-corrected chi connectivity index (χ3v) is 3.64. The predicted molar refractivity (Wildman–Crippen MR) is 60.4 cm³/mol. The topological polar surface area (TPSA) is 47.6 Å². The van der Waals surface area contributed by atoms with E-state index in [1.54, 1.807) is 7.11 Å². The molecule has 2 unspecified atom stereocenters. The highest BCUT2D eigenvalue weighted by Gasteiger charge is 2.30. The van der Waals surface area contributed by atoms with Crippen molar-refractivity contribution in [3.63, 3.8) is 0 Å². The first-order valence-electron chi connectivity index (χ1n) is 6.16. The average Bonchev–Trinajstić information content (AvgIpc) is 2.79. The van der Waals surface area contributed by atoms with Crippen molar-refractivity contribution >= 4 is 5.78 Å². The molecule has 92 valence electrons. The fourth-order valence-corrected chi connectivity index (χ4v) is 2.51. The van der Waals surface area contributed by atoms with Gasteiger partial charge in [0.25, 0.3) is 0 Å². The molecular formula is C12H21NO3. The monoisotopic (exact) mass is 227 g/mol. The third kappa shape index (κ3) is 3.03. The number of nitrogens with one attached hydrogen (secondary N) is 1. The minimum atomic E-state index is 0.0211. The van der Waals surface area contributed by atoms with Crippen molar-refractivity contribution in [2.45, 2.75) is 37.8 Å². The Bertz CT molecular complexity index is 238. The molecule has 2 aliphatic rings. The van der Waals surface area contributed by atoms with Crippen LogP contribution in [0.3, 0.4) is 0 Å². The number of rotatable bonds is 4. The number of hydrogen-bond acceptors (Lipinski definition) is 4.